The fourth-order valence-corrected chi connectivity index (χ4v) is 3.11. The second kappa shape index (κ2) is 5.06. The molecule has 0 amide bonds. The summed E-state index contributed by atoms with van der Waals surface area (Å²) in [5.41, 5.74) is 1.15. The van der Waals surface area contributed by atoms with Crippen molar-refractivity contribution in [1.29, 1.82) is 0 Å². The number of aromatic nitrogens is 1. The average molecular weight is 287 g/mol. The number of thiazole rings is 1. The van der Waals surface area contributed by atoms with Gasteiger partial charge in [0.15, 0.2) is 0 Å². The lowest BCUT2D eigenvalue weighted by molar-refractivity contribution is 0.424. The number of nitrogens with zero attached hydrogens (tertiary/aromatic N) is 1. The minimum absolute atomic E-state index is 0.123. The van der Waals surface area contributed by atoms with Gasteiger partial charge in [0, 0.05) is 17.5 Å². The molecule has 0 aromatic carbocycles. The lowest BCUT2D eigenvalue weighted by atomic mass is 10.1. The van der Waals surface area contributed by atoms with Crippen LogP contribution in [0.15, 0.2) is 17.5 Å². The normalized spacial score (nSPS) is 12.0. The van der Waals surface area contributed by atoms with Gasteiger partial charge in [0.05, 0.1) is 14.9 Å². The molecule has 0 aliphatic heterocycles. The maximum absolute atomic E-state index is 5.92. The molecule has 0 fully saturated rings. The highest BCUT2D eigenvalue weighted by molar-refractivity contribution is 7.19. The first-order valence-corrected chi connectivity index (χ1v) is 7.46. The highest BCUT2D eigenvalue weighted by Crippen LogP contribution is 2.31. The molecule has 0 saturated heterocycles. The maximum atomic E-state index is 5.92. The molecule has 2 aromatic rings. The van der Waals surface area contributed by atoms with E-state index in [0.717, 1.165) is 26.5 Å². The van der Waals surface area contributed by atoms with Gasteiger partial charge in [0.2, 0.25) is 0 Å². The van der Waals surface area contributed by atoms with Crippen molar-refractivity contribution < 1.29 is 0 Å². The van der Waals surface area contributed by atoms with E-state index in [9.17, 15) is 0 Å². The molecule has 17 heavy (non-hydrogen) atoms. The predicted octanol–water partition coefficient (Wildman–Crippen LogP) is 4.41. The molecule has 0 radical (unpaired) electrons. The molecule has 2 aromatic heterocycles. The fraction of sp³-hybridized carbons (Fsp3) is 0.417. The van der Waals surface area contributed by atoms with Crippen LogP contribution in [0.4, 0.5) is 0 Å². The highest BCUT2D eigenvalue weighted by atomic mass is 35.5. The minimum atomic E-state index is 0.123. The highest BCUT2D eigenvalue weighted by Gasteiger charge is 2.11. The summed E-state index contributed by atoms with van der Waals surface area (Å²) < 4.78 is 0.808. The topological polar surface area (TPSA) is 24.9 Å². The number of hydrogen-bond donors (Lipinski definition) is 1. The lowest BCUT2D eigenvalue weighted by Crippen LogP contribution is -2.34. The smallest absolute Gasteiger partial charge is 0.107 e. The van der Waals surface area contributed by atoms with E-state index in [0.29, 0.717) is 0 Å². The zero-order chi connectivity index (χ0) is 12.5. The SMILES string of the molecule is CC(C)(C)NCc1nc(-c2ccc(Cl)s2)cs1. The summed E-state index contributed by atoms with van der Waals surface area (Å²) in [4.78, 5) is 5.74. The lowest BCUT2D eigenvalue weighted by Gasteiger charge is -2.19. The Kier molecular flexibility index (Phi) is 3.88. The van der Waals surface area contributed by atoms with E-state index in [-0.39, 0.29) is 5.54 Å². The van der Waals surface area contributed by atoms with Crippen molar-refractivity contribution in [3.63, 3.8) is 0 Å². The average Bonchev–Trinajstić information content (AvgIpc) is 2.81. The molecule has 0 unspecified atom stereocenters. The molecule has 0 spiro atoms. The van der Waals surface area contributed by atoms with Gasteiger partial charge in [-0.25, -0.2) is 4.98 Å². The number of nitrogens with one attached hydrogen (secondary N) is 1. The van der Waals surface area contributed by atoms with Gasteiger partial charge in [-0.3, -0.25) is 0 Å². The van der Waals surface area contributed by atoms with Crippen LogP contribution in [-0.4, -0.2) is 10.5 Å². The van der Waals surface area contributed by atoms with Crippen molar-refractivity contribution in [1.82, 2.24) is 10.3 Å². The summed E-state index contributed by atoms with van der Waals surface area (Å²) in [7, 11) is 0. The Labute approximate surface area is 115 Å². The number of halogens is 1. The summed E-state index contributed by atoms with van der Waals surface area (Å²) in [6.45, 7) is 7.27. The largest absolute Gasteiger partial charge is 0.306 e. The summed E-state index contributed by atoms with van der Waals surface area (Å²) >= 11 is 9.17. The quantitative estimate of drug-likeness (QED) is 0.904. The van der Waals surface area contributed by atoms with E-state index >= 15 is 0 Å². The van der Waals surface area contributed by atoms with Crippen molar-refractivity contribution in [3.05, 3.63) is 26.9 Å². The molecular weight excluding hydrogens is 272 g/mol. The van der Waals surface area contributed by atoms with E-state index in [2.05, 4.69) is 36.5 Å². The van der Waals surface area contributed by atoms with Crippen LogP contribution in [-0.2, 0) is 6.54 Å². The van der Waals surface area contributed by atoms with E-state index in [1.54, 1.807) is 22.7 Å². The second-order valence-corrected chi connectivity index (χ2v) is 7.49. The summed E-state index contributed by atoms with van der Waals surface area (Å²) in [5.74, 6) is 0. The van der Waals surface area contributed by atoms with Gasteiger partial charge >= 0.3 is 0 Å². The molecule has 2 heterocycles. The maximum Gasteiger partial charge on any atom is 0.107 e. The van der Waals surface area contributed by atoms with Gasteiger partial charge in [-0.05, 0) is 32.9 Å². The van der Waals surface area contributed by atoms with Crippen LogP contribution in [0.3, 0.4) is 0 Å². The standard InChI is InChI=1S/C12H15ClN2S2/c1-12(2,3)14-6-11-15-8(7-16-11)9-4-5-10(13)17-9/h4-5,7,14H,6H2,1-3H3. The summed E-state index contributed by atoms with van der Waals surface area (Å²) in [6, 6.07) is 3.93. The molecule has 5 heteroatoms. The van der Waals surface area contributed by atoms with Crippen LogP contribution < -0.4 is 5.32 Å². The van der Waals surface area contributed by atoms with E-state index < -0.39 is 0 Å². The van der Waals surface area contributed by atoms with Crippen molar-refractivity contribution in [2.45, 2.75) is 32.9 Å². The van der Waals surface area contributed by atoms with Crippen LogP contribution in [0, 0.1) is 0 Å². The first-order chi connectivity index (χ1) is 7.94. The molecular formula is C12H15ClN2S2. The Morgan fingerprint density at radius 2 is 2.12 bits per heavy atom. The number of thiophene rings is 1. The molecule has 2 nitrogen and oxygen atoms in total. The van der Waals surface area contributed by atoms with Crippen molar-refractivity contribution >= 4 is 34.3 Å². The molecule has 0 aliphatic carbocycles. The molecule has 0 aliphatic rings. The van der Waals surface area contributed by atoms with E-state index in [1.165, 1.54) is 0 Å². The summed E-state index contributed by atoms with van der Waals surface area (Å²) in [6.07, 6.45) is 0. The van der Waals surface area contributed by atoms with Gasteiger partial charge < -0.3 is 5.32 Å². The molecule has 1 N–H and O–H groups in total. The van der Waals surface area contributed by atoms with Crippen LogP contribution in [0.25, 0.3) is 10.6 Å². The monoisotopic (exact) mass is 286 g/mol. The van der Waals surface area contributed by atoms with E-state index in [4.69, 9.17) is 11.6 Å². The second-order valence-electron chi connectivity index (χ2n) is 4.83. The Morgan fingerprint density at radius 3 is 2.71 bits per heavy atom. The molecule has 0 saturated carbocycles. The molecule has 0 atom stereocenters. The predicted molar refractivity (Wildman–Crippen MR) is 77.0 cm³/mol. The van der Waals surface area contributed by atoms with Gasteiger partial charge in [0.25, 0.3) is 0 Å². The minimum Gasteiger partial charge on any atom is -0.306 e. The first kappa shape index (κ1) is 13.0. The van der Waals surface area contributed by atoms with E-state index in [1.807, 2.05) is 12.1 Å². The fourth-order valence-electron chi connectivity index (χ4n) is 1.30. The third-order valence-electron chi connectivity index (χ3n) is 2.15. The Bertz CT molecular complexity index is 497. The van der Waals surface area contributed by atoms with Gasteiger partial charge in [-0.15, -0.1) is 22.7 Å². The van der Waals surface area contributed by atoms with Crippen LogP contribution in [0.2, 0.25) is 4.34 Å². The zero-order valence-electron chi connectivity index (χ0n) is 10.1. The number of rotatable bonds is 3. The van der Waals surface area contributed by atoms with Crippen molar-refractivity contribution in [3.8, 4) is 10.6 Å². The summed E-state index contributed by atoms with van der Waals surface area (Å²) in [5, 5.41) is 6.63. The van der Waals surface area contributed by atoms with Gasteiger partial charge in [0.1, 0.15) is 5.01 Å². The van der Waals surface area contributed by atoms with Crippen molar-refractivity contribution in [2.75, 3.05) is 0 Å². The first-order valence-electron chi connectivity index (χ1n) is 5.39. The van der Waals surface area contributed by atoms with Crippen LogP contribution in [0.5, 0.6) is 0 Å². The number of hydrogen-bond acceptors (Lipinski definition) is 4. The molecule has 92 valence electrons. The van der Waals surface area contributed by atoms with Crippen LogP contribution in [0.1, 0.15) is 25.8 Å². The Hall–Kier alpha value is -0.420. The third-order valence-corrected chi connectivity index (χ3v) is 4.25. The Morgan fingerprint density at radius 1 is 1.35 bits per heavy atom. The third kappa shape index (κ3) is 3.78. The Balaban J connectivity index is 2.06. The molecule has 0 bridgehead atoms. The van der Waals surface area contributed by atoms with Gasteiger partial charge in [-0.1, -0.05) is 11.6 Å². The van der Waals surface area contributed by atoms with Gasteiger partial charge in [-0.2, -0.15) is 0 Å². The van der Waals surface area contributed by atoms with Crippen LogP contribution >= 0.6 is 34.3 Å². The zero-order valence-corrected chi connectivity index (χ0v) is 12.5. The molecule has 2 rings (SSSR count). The van der Waals surface area contributed by atoms with Crippen molar-refractivity contribution in [2.24, 2.45) is 0 Å².